The molecule has 0 aliphatic carbocycles. The maximum Gasteiger partial charge on any atom is 0.119 e. The molecule has 0 bridgehead atoms. The second-order valence-corrected chi connectivity index (χ2v) is 4.71. The molecule has 1 aromatic carbocycles. The molecule has 0 spiro atoms. The van der Waals surface area contributed by atoms with Crippen molar-refractivity contribution >= 4 is 0 Å². The summed E-state index contributed by atoms with van der Waals surface area (Å²) in [5.74, 6) is 0.906. The molecule has 0 saturated heterocycles. The lowest BCUT2D eigenvalue weighted by Crippen LogP contribution is -2.40. The van der Waals surface area contributed by atoms with E-state index in [1.165, 1.54) is 5.56 Å². The van der Waals surface area contributed by atoms with Crippen molar-refractivity contribution in [1.29, 1.82) is 0 Å². The van der Waals surface area contributed by atoms with Gasteiger partial charge in [-0.2, -0.15) is 0 Å². The topological polar surface area (TPSA) is 41.5 Å². The molecule has 3 heteroatoms. The molecule has 1 rings (SSSR count). The van der Waals surface area contributed by atoms with Gasteiger partial charge in [0.25, 0.3) is 0 Å². The van der Waals surface area contributed by atoms with Gasteiger partial charge in [0.1, 0.15) is 5.75 Å². The van der Waals surface area contributed by atoms with E-state index in [1.54, 1.807) is 0 Å². The van der Waals surface area contributed by atoms with Gasteiger partial charge in [-0.1, -0.05) is 26.0 Å². The van der Waals surface area contributed by atoms with Crippen LogP contribution in [0, 0.1) is 0 Å². The van der Waals surface area contributed by atoms with Crippen LogP contribution in [0.15, 0.2) is 24.3 Å². The third-order valence-corrected chi connectivity index (χ3v) is 3.14. The molecule has 0 saturated carbocycles. The van der Waals surface area contributed by atoms with Crippen molar-refractivity contribution < 1.29 is 9.84 Å². The molecule has 1 aromatic rings. The first-order valence-electron chi connectivity index (χ1n) is 6.75. The van der Waals surface area contributed by atoms with E-state index in [0.29, 0.717) is 6.42 Å². The SMILES string of the molecule is CCCOc1ccc(C(C)(CCO)NCC)cc1. The summed E-state index contributed by atoms with van der Waals surface area (Å²) in [4.78, 5) is 0. The predicted octanol–water partition coefficient (Wildman–Crippen LogP) is 2.68. The molecular weight excluding hydrogens is 226 g/mol. The van der Waals surface area contributed by atoms with E-state index < -0.39 is 0 Å². The van der Waals surface area contributed by atoms with E-state index >= 15 is 0 Å². The normalized spacial score (nSPS) is 14.2. The molecule has 0 fully saturated rings. The number of nitrogens with one attached hydrogen (secondary N) is 1. The maximum atomic E-state index is 9.20. The van der Waals surface area contributed by atoms with Crippen molar-refractivity contribution in [3.63, 3.8) is 0 Å². The summed E-state index contributed by atoms with van der Waals surface area (Å²) in [6.45, 7) is 8.10. The van der Waals surface area contributed by atoms with Crippen LogP contribution >= 0.6 is 0 Å². The Morgan fingerprint density at radius 3 is 2.39 bits per heavy atom. The summed E-state index contributed by atoms with van der Waals surface area (Å²) in [5, 5.41) is 12.6. The van der Waals surface area contributed by atoms with Crippen LogP contribution in [0.4, 0.5) is 0 Å². The molecule has 0 aliphatic heterocycles. The first-order valence-corrected chi connectivity index (χ1v) is 6.75. The number of ether oxygens (including phenoxy) is 1. The molecule has 0 aliphatic rings. The van der Waals surface area contributed by atoms with Crippen LogP contribution in [0.5, 0.6) is 5.75 Å². The third-order valence-electron chi connectivity index (χ3n) is 3.14. The quantitative estimate of drug-likeness (QED) is 0.746. The van der Waals surface area contributed by atoms with Crippen molar-refractivity contribution in [1.82, 2.24) is 5.32 Å². The van der Waals surface area contributed by atoms with Gasteiger partial charge in [0, 0.05) is 12.1 Å². The Balaban J connectivity index is 2.80. The highest BCUT2D eigenvalue weighted by atomic mass is 16.5. The molecule has 18 heavy (non-hydrogen) atoms. The Hall–Kier alpha value is -1.06. The smallest absolute Gasteiger partial charge is 0.119 e. The number of hydrogen-bond donors (Lipinski definition) is 2. The minimum Gasteiger partial charge on any atom is -0.494 e. The monoisotopic (exact) mass is 251 g/mol. The summed E-state index contributed by atoms with van der Waals surface area (Å²) in [6.07, 6.45) is 1.72. The lowest BCUT2D eigenvalue weighted by Gasteiger charge is -2.30. The predicted molar refractivity (Wildman–Crippen MR) is 75.0 cm³/mol. The van der Waals surface area contributed by atoms with Gasteiger partial charge in [-0.25, -0.2) is 0 Å². The van der Waals surface area contributed by atoms with Crippen molar-refractivity contribution in [2.45, 2.75) is 39.2 Å². The Morgan fingerprint density at radius 1 is 1.22 bits per heavy atom. The molecule has 1 atom stereocenters. The van der Waals surface area contributed by atoms with Gasteiger partial charge in [0.05, 0.1) is 6.61 Å². The fourth-order valence-corrected chi connectivity index (χ4v) is 2.09. The second-order valence-electron chi connectivity index (χ2n) is 4.71. The number of hydrogen-bond acceptors (Lipinski definition) is 3. The van der Waals surface area contributed by atoms with E-state index in [-0.39, 0.29) is 12.1 Å². The third kappa shape index (κ3) is 4.00. The fraction of sp³-hybridized carbons (Fsp3) is 0.600. The van der Waals surface area contributed by atoms with Gasteiger partial charge in [-0.05, 0) is 44.0 Å². The van der Waals surface area contributed by atoms with Crippen LogP contribution in [0.1, 0.15) is 39.2 Å². The van der Waals surface area contributed by atoms with Gasteiger partial charge < -0.3 is 15.2 Å². The van der Waals surface area contributed by atoms with Gasteiger partial charge in [-0.3, -0.25) is 0 Å². The Bertz CT molecular complexity index is 329. The van der Waals surface area contributed by atoms with Crippen LogP contribution in [0.25, 0.3) is 0 Å². The summed E-state index contributed by atoms with van der Waals surface area (Å²) in [7, 11) is 0. The highest BCUT2D eigenvalue weighted by Gasteiger charge is 2.24. The first kappa shape index (κ1) is 15.0. The minimum absolute atomic E-state index is 0.174. The van der Waals surface area contributed by atoms with Crippen LogP contribution in [0.2, 0.25) is 0 Å². The summed E-state index contributed by atoms with van der Waals surface area (Å²) < 4.78 is 5.57. The van der Waals surface area contributed by atoms with Crippen molar-refractivity contribution in [3.8, 4) is 5.75 Å². The molecule has 2 N–H and O–H groups in total. The van der Waals surface area contributed by atoms with E-state index in [2.05, 4.69) is 38.2 Å². The minimum atomic E-state index is -0.174. The lowest BCUT2D eigenvalue weighted by molar-refractivity contribution is 0.223. The molecule has 0 heterocycles. The number of aliphatic hydroxyl groups excluding tert-OH is 1. The summed E-state index contributed by atoms with van der Waals surface area (Å²) >= 11 is 0. The summed E-state index contributed by atoms with van der Waals surface area (Å²) in [5.41, 5.74) is 1.01. The average Bonchev–Trinajstić information content (AvgIpc) is 2.37. The van der Waals surface area contributed by atoms with Gasteiger partial charge >= 0.3 is 0 Å². The van der Waals surface area contributed by atoms with Crippen molar-refractivity contribution in [3.05, 3.63) is 29.8 Å². The van der Waals surface area contributed by atoms with E-state index in [1.807, 2.05) is 12.1 Å². The maximum absolute atomic E-state index is 9.20. The Morgan fingerprint density at radius 2 is 1.89 bits per heavy atom. The van der Waals surface area contributed by atoms with Crippen molar-refractivity contribution in [2.24, 2.45) is 0 Å². The zero-order valence-corrected chi connectivity index (χ0v) is 11.7. The molecule has 0 radical (unpaired) electrons. The second kappa shape index (κ2) is 7.39. The number of benzene rings is 1. The molecule has 3 nitrogen and oxygen atoms in total. The average molecular weight is 251 g/mol. The van der Waals surface area contributed by atoms with Crippen molar-refractivity contribution in [2.75, 3.05) is 19.8 Å². The number of rotatable bonds is 8. The van der Waals surface area contributed by atoms with E-state index in [0.717, 1.165) is 25.3 Å². The van der Waals surface area contributed by atoms with Gasteiger partial charge in [0.15, 0.2) is 0 Å². The largest absolute Gasteiger partial charge is 0.494 e. The molecule has 102 valence electrons. The molecule has 1 unspecified atom stereocenters. The van der Waals surface area contributed by atoms with Crippen LogP contribution in [-0.4, -0.2) is 24.9 Å². The van der Waals surface area contributed by atoms with Gasteiger partial charge in [0.2, 0.25) is 0 Å². The fourth-order valence-electron chi connectivity index (χ4n) is 2.09. The van der Waals surface area contributed by atoms with E-state index in [4.69, 9.17) is 4.74 Å². The van der Waals surface area contributed by atoms with Crippen LogP contribution < -0.4 is 10.1 Å². The highest BCUT2D eigenvalue weighted by molar-refractivity contribution is 5.31. The Labute approximate surface area is 110 Å². The van der Waals surface area contributed by atoms with Crippen LogP contribution in [0.3, 0.4) is 0 Å². The molecule has 0 amide bonds. The zero-order valence-electron chi connectivity index (χ0n) is 11.7. The van der Waals surface area contributed by atoms with Gasteiger partial charge in [-0.15, -0.1) is 0 Å². The zero-order chi connectivity index (χ0) is 13.4. The molecular formula is C15H25NO2. The molecule has 0 aromatic heterocycles. The summed E-state index contributed by atoms with van der Waals surface area (Å²) in [6, 6.07) is 8.14. The highest BCUT2D eigenvalue weighted by Crippen LogP contribution is 2.26. The van der Waals surface area contributed by atoms with E-state index in [9.17, 15) is 5.11 Å². The number of aliphatic hydroxyl groups is 1. The standard InChI is InChI=1S/C15H25NO2/c1-4-12-18-14-8-6-13(7-9-14)15(3,10-11-17)16-5-2/h6-9,16-17H,4-5,10-12H2,1-3H3. The van der Waals surface area contributed by atoms with Crippen LogP contribution in [-0.2, 0) is 5.54 Å². The first-order chi connectivity index (χ1) is 8.66. The lowest BCUT2D eigenvalue weighted by atomic mass is 9.89. The Kier molecular flexibility index (Phi) is 6.16.